The number of aromatic carboxylic acids is 1. The number of aromatic amines is 1. The second-order valence-corrected chi connectivity index (χ2v) is 4.10. The molecule has 1 aromatic heterocycles. The Kier molecular flexibility index (Phi) is 3.43. The summed E-state index contributed by atoms with van der Waals surface area (Å²) in [6, 6.07) is 5.68. The lowest BCUT2D eigenvalue weighted by molar-refractivity contribution is 0.0593. The van der Waals surface area contributed by atoms with E-state index in [1.54, 1.807) is 0 Å². The highest BCUT2D eigenvalue weighted by Gasteiger charge is 2.21. The van der Waals surface area contributed by atoms with Crippen LogP contribution in [0.5, 0.6) is 0 Å². The van der Waals surface area contributed by atoms with Gasteiger partial charge in [0, 0.05) is 7.05 Å². The molecule has 7 nitrogen and oxygen atoms in total. The van der Waals surface area contributed by atoms with Gasteiger partial charge in [-0.2, -0.15) is 0 Å². The second-order valence-electron chi connectivity index (χ2n) is 4.10. The van der Waals surface area contributed by atoms with E-state index in [0.717, 1.165) is 4.68 Å². The first-order valence-electron chi connectivity index (χ1n) is 5.66. The molecule has 0 amide bonds. The molecular formula is C13H12N2O5. The summed E-state index contributed by atoms with van der Waals surface area (Å²) < 4.78 is 5.77. The number of ether oxygens (including phenoxy) is 1. The molecule has 0 unspecified atom stereocenters. The fourth-order valence-electron chi connectivity index (χ4n) is 1.85. The quantitative estimate of drug-likeness (QED) is 0.810. The largest absolute Gasteiger partial charge is 0.478 e. The van der Waals surface area contributed by atoms with Crippen molar-refractivity contribution in [3.8, 4) is 11.1 Å². The number of H-pyrrole nitrogens is 1. The maximum atomic E-state index is 12.0. The molecule has 0 aliphatic carbocycles. The van der Waals surface area contributed by atoms with E-state index in [1.807, 2.05) is 0 Å². The first-order valence-corrected chi connectivity index (χ1v) is 5.66. The molecule has 0 aliphatic heterocycles. The lowest BCUT2D eigenvalue weighted by Gasteiger charge is -2.01. The van der Waals surface area contributed by atoms with Crippen molar-refractivity contribution in [3.63, 3.8) is 0 Å². The van der Waals surface area contributed by atoms with E-state index in [1.165, 1.54) is 38.4 Å². The van der Waals surface area contributed by atoms with Crippen LogP contribution in [0.15, 0.2) is 29.1 Å². The Morgan fingerprint density at radius 1 is 1.25 bits per heavy atom. The summed E-state index contributed by atoms with van der Waals surface area (Å²) in [5, 5.41) is 11.5. The summed E-state index contributed by atoms with van der Waals surface area (Å²) in [4.78, 5) is 34.5. The number of rotatable bonds is 3. The zero-order valence-corrected chi connectivity index (χ0v) is 10.8. The molecule has 0 fully saturated rings. The van der Waals surface area contributed by atoms with E-state index in [2.05, 4.69) is 9.84 Å². The van der Waals surface area contributed by atoms with Crippen LogP contribution in [0.25, 0.3) is 11.1 Å². The minimum absolute atomic E-state index is 0.0306. The van der Waals surface area contributed by atoms with E-state index in [0.29, 0.717) is 5.56 Å². The van der Waals surface area contributed by atoms with Gasteiger partial charge in [0.1, 0.15) is 0 Å². The lowest BCUT2D eigenvalue weighted by Crippen LogP contribution is -2.13. The summed E-state index contributed by atoms with van der Waals surface area (Å²) in [7, 11) is 2.69. The van der Waals surface area contributed by atoms with Crippen molar-refractivity contribution in [2.45, 2.75) is 0 Å². The summed E-state index contributed by atoms with van der Waals surface area (Å²) in [5.41, 5.74) is 0.325. The number of methoxy groups -OCH3 is 1. The van der Waals surface area contributed by atoms with Gasteiger partial charge in [-0.1, -0.05) is 12.1 Å². The molecule has 0 saturated carbocycles. The second kappa shape index (κ2) is 5.04. The average molecular weight is 276 g/mol. The van der Waals surface area contributed by atoms with Crippen molar-refractivity contribution in [2.75, 3.05) is 7.11 Å². The topological polar surface area (TPSA) is 101 Å². The number of nitrogens with one attached hydrogen (secondary N) is 1. The fourth-order valence-corrected chi connectivity index (χ4v) is 1.85. The van der Waals surface area contributed by atoms with Gasteiger partial charge in [0.2, 0.25) is 0 Å². The van der Waals surface area contributed by atoms with Crippen LogP contribution in [-0.4, -0.2) is 33.9 Å². The number of hydrogen-bond acceptors (Lipinski definition) is 4. The highest BCUT2D eigenvalue weighted by Crippen LogP contribution is 2.20. The number of carbonyl (C=O) groups is 2. The summed E-state index contributed by atoms with van der Waals surface area (Å²) in [6.45, 7) is 0. The van der Waals surface area contributed by atoms with E-state index in [4.69, 9.17) is 5.11 Å². The molecule has 0 radical (unpaired) electrons. The van der Waals surface area contributed by atoms with Crippen molar-refractivity contribution in [1.82, 2.24) is 9.78 Å². The van der Waals surface area contributed by atoms with Crippen molar-refractivity contribution in [3.05, 3.63) is 45.9 Å². The molecule has 0 bridgehead atoms. The van der Waals surface area contributed by atoms with E-state index < -0.39 is 17.5 Å². The molecule has 0 spiro atoms. The van der Waals surface area contributed by atoms with Crippen LogP contribution in [0.3, 0.4) is 0 Å². The predicted octanol–water partition coefficient (Wildman–Crippen LogP) is 0.865. The Morgan fingerprint density at radius 3 is 2.35 bits per heavy atom. The molecule has 20 heavy (non-hydrogen) atoms. The van der Waals surface area contributed by atoms with Gasteiger partial charge in [-0.05, 0) is 17.7 Å². The van der Waals surface area contributed by atoms with E-state index in [-0.39, 0.29) is 16.8 Å². The molecule has 0 atom stereocenters. The zero-order chi connectivity index (χ0) is 14.9. The predicted molar refractivity (Wildman–Crippen MR) is 69.8 cm³/mol. The summed E-state index contributed by atoms with van der Waals surface area (Å²) in [5.74, 6) is -1.73. The molecule has 0 saturated heterocycles. The number of carboxylic acids is 1. The van der Waals surface area contributed by atoms with Crippen molar-refractivity contribution in [1.29, 1.82) is 0 Å². The van der Waals surface area contributed by atoms with Gasteiger partial charge >= 0.3 is 11.9 Å². The molecule has 7 heteroatoms. The van der Waals surface area contributed by atoms with E-state index >= 15 is 0 Å². The Hall–Kier alpha value is -2.83. The van der Waals surface area contributed by atoms with Crippen molar-refractivity contribution < 1.29 is 19.4 Å². The van der Waals surface area contributed by atoms with Crippen LogP contribution in [0.4, 0.5) is 0 Å². The zero-order valence-electron chi connectivity index (χ0n) is 10.8. The van der Waals surface area contributed by atoms with Gasteiger partial charge in [0.25, 0.3) is 5.56 Å². The maximum absolute atomic E-state index is 12.0. The third-order valence-corrected chi connectivity index (χ3v) is 2.86. The Bertz CT molecular complexity index is 724. The summed E-state index contributed by atoms with van der Waals surface area (Å²) in [6.07, 6.45) is 0. The molecule has 0 aliphatic rings. The molecule has 2 N–H and O–H groups in total. The number of hydrogen-bond donors (Lipinski definition) is 2. The molecule has 2 aromatic rings. The van der Waals surface area contributed by atoms with Crippen LogP contribution < -0.4 is 5.56 Å². The van der Waals surface area contributed by atoms with E-state index in [9.17, 15) is 14.4 Å². The standard InChI is InChI=1S/C13H12N2O5/c1-15-11(16)9(10(14-15)13(19)20-2)7-3-5-8(6-4-7)12(17)18/h3-6,14H,1-2H3,(H,17,18). The Labute approximate surface area is 113 Å². The third-order valence-electron chi connectivity index (χ3n) is 2.86. The number of benzene rings is 1. The van der Waals surface area contributed by atoms with Gasteiger partial charge in [-0.15, -0.1) is 0 Å². The Morgan fingerprint density at radius 2 is 1.85 bits per heavy atom. The monoisotopic (exact) mass is 276 g/mol. The molecule has 104 valence electrons. The van der Waals surface area contributed by atoms with Gasteiger partial charge < -0.3 is 9.84 Å². The van der Waals surface area contributed by atoms with Gasteiger partial charge in [-0.25, -0.2) is 9.59 Å². The third kappa shape index (κ3) is 2.20. The Balaban J connectivity index is 2.60. The highest BCUT2D eigenvalue weighted by molar-refractivity contribution is 5.95. The number of aryl methyl sites for hydroxylation is 1. The highest BCUT2D eigenvalue weighted by atomic mass is 16.5. The normalized spacial score (nSPS) is 10.3. The maximum Gasteiger partial charge on any atom is 0.356 e. The number of nitrogens with zero attached hydrogens (tertiary/aromatic N) is 1. The van der Waals surface area contributed by atoms with Crippen molar-refractivity contribution >= 4 is 11.9 Å². The molecule has 1 aromatic carbocycles. The minimum Gasteiger partial charge on any atom is -0.478 e. The number of carboxylic acid groups (broad SMARTS) is 1. The first-order chi connectivity index (χ1) is 9.45. The minimum atomic E-state index is -1.06. The van der Waals surface area contributed by atoms with Crippen LogP contribution in [0.2, 0.25) is 0 Å². The van der Waals surface area contributed by atoms with Crippen LogP contribution >= 0.6 is 0 Å². The smallest absolute Gasteiger partial charge is 0.356 e. The molecule has 2 rings (SSSR count). The van der Waals surface area contributed by atoms with Gasteiger partial charge in [0.15, 0.2) is 5.69 Å². The number of esters is 1. The van der Waals surface area contributed by atoms with Crippen molar-refractivity contribution in [2.24, 2.45) is 7.05 Å². The lowest BCUT2D eigenvalue weighted by atomic mass is 10.0. The number of carbonyl (C=O) groups excluding carboxylic acids is 1. The first kappa shape index (κ1) is 13.6. The molecular weight excluding hydrogens is 264 g/mol. The fraction of sp³-hybridized carbons (Fsp3) is 0.154. The van der Waals surface area contributed by atoms with Crippen LogP contribution in [0, 0.1) is 0 Å². The SMILES string of the molecule is COC(=O)c1[nH]n(C)c(=O)c1-c1ccc(C(=O)O)cc1. The van der Waals surface area contributed by atoms with Gasteiger partial charge in [0.05, 0.1) is 18.2 Å². The summed E-state index contributed by atoms with van der Waals surface area (Å²) >= 11 is 0. The van der Waals surface area contributed by atoms with Crippen LogP contribution in [0.1, 0.15) is 20.8 Å². The van der Waals surface area contributed by atoms with Crippen LogP contribution in [-0.2, 0) is 11.8 Å². The van der Waals surface area contributed by atoms with Gasteiger partial charge in [-0.3, -0.25) is 14.6 Å². The molecule has 1 heterocycles. The number of aromatic nitrogens is 2. The average Bonchev–Trinajstić information content (AvgIpc) is 2.74.